The lowest BCUT2D eigenvalue weighted by Crippen LogP contribution is -2.50. The van der Waals surface area contributed by atoms with Crippen LogP contribution in [0.1, 0.15) is 78.6 Å². The number of carbonyl (C=O) groups excluding carboxylic acids is 1. The molecule has 0 aromatic carbocycles. The summed E-state index contributed by atoms with van der Waals surface area (Å²) >= 11 is 0. The lowest BCUT2D eigenvalue weighted by Gasteiger charge is -2.37. The van der Waals surface area contributed by atoms with Crippen molar-refractivity contribution in [2.75, 3.05) is 19.6 Å². The first-order valence-electron chi connectivity index (χ1n) is 9.66. The fraction of sp³-hybridized carbons (Fsp3) is 0.947. The van der Waals surface area contributed by atoms with E-state index in [2.05, 4.69) is 5.32 Å². The lowest BCUT2D eigenvalue weighted by molar-refractivity contribution is 0.00987. The molecule has 0 bridgehead atoms. The molecule has 1 aliphatic heterocycles. The van der Waals surface area contributed by atoms with Crippen molar-refractivity contribution >= 4 is 6.09 Å². The van der Waals surface area contributed by atoms with Crippen molar-refractivity contribution in [3.63, 3.8) is 0 Å². The largest absolute Gasteiger partial charge is 0.444 e. The van der Waals surface area contributed by atoms with Crippen molar-refractivity contribution < 1.29 is 9.53 Å². The Morgan fingerprint density at radius 1 is 1.00 bits per heavy atom. The molecular weight excluding hydrogens is 288 g/mol. The molecule has 2 rings (SSSR count). The van der Waals surface area contributed by atoms with Crippen LogP contribution < -0.4 is 5.32 Å². The summed E-state index contributed by atoms with van der Waals surface area (Å²) in [6.07, 6.45) is 11.6. The van der Waals surface area contributed by atoms with E-state index >= 15 is 0 Å². The minimum atomic E-state index is -0.410. The highest BCUT2D eigenvalue weighted by atomic mass is 16.6. The number of rotatable bonds is 4. The van der Waals surface area contributed by atoms with Crippen LogP contribution in [-0.2, 0) is 4.74 Å². The predicted molar refractivity (Wildman–Crippen MR) is 94.6 cm³/mol. The summed E-state index contributed by atoms with van der Waals surface area (Å²) in [5.41, 5.74) is -0.410. The van der Waals surface area contributed by atoms with Gasteiger partial charge in [-0.2, -0.15) is 0 Å². The highest BCUT2D eigenvalue weighted by Crippen LogP contribution is 2.23. The van der Waals surface area contributed by atoms with E-state index in [0.717, 1.165) is 38.4 Å². The minimum absolute atomic E-state index is 0.140. The second-order valence-corrected chi connectivity index (χ2v) is 8.34. The summed E-state index contributed by atoms with van der Waals surface area (Å²) in [6, 6.07) is 0.296. The predicted octanol–water partition coefficient (Wildman–Crippen LogP) is 4.34. The van der Waals surface area contributed by atoms with Gasteiger partial charge in [-0.25, -0.2) is 4.79 Å². The third-order valence-electron chi connectivity index (χ3n) is 5.04. The van der Waals surface area contributed by atoms with E-state index in [1.165, 1.54) is 44.9 Å². The molecule has 0 radical (unpaired) electrons. The van der Waals surface area contributed by atoms with Crippen LogP contribution in [-0.4, -0.2) is 42.3 Å². The van der Waals surface area contributed by atoms with Crippen molar-refractivity contribution in [2.24, 2.45) is 5.92 Å². The topological polar surface area (TPSA) is 41.6 Å². The summed E-state index contributed by atoms with van der Waals surface area (Å²) < 4.78 is 5.58. The molecule has 1 saturated heterocycles. The van der Waals surface area contributed by atoms with Gasteiger partial charge in [-0.15, -0.1) is 0 Å². The Balaban J connectivity index is 1.77. The molecule has 0 spiro atoms. The van der Waals surface area contributed by atoms with Gasteiger partial charge in [0.1, 0.15) is 5.60 Å². The van der Waals surface area contributed by atoms with E-state index < -0.39 is 5.60 Å². The third-order valence-corrected chi connectivity index (χ3v) is 5.04. The van der Waals surface area contributed by atoms with Crippen LogP contribution in [0.5, 0.6) is 0 Å². The molecule has 4 nitrogen and oxygen atoms in total. The Morgan fingerprint density at radius 3 is 2.30 bits per heavy atom. The average Bonchev–Trinajstić information content (AvgIpc) is 2.75. The Bertz CT molecular complexity index is 357. The van der Waals surface area contributed by atoms with Crippen molar-refractivity contribution in [3.8, 4) is 0 Å². The van der Waals surface area contributed by atoms with E-state index in [4.69, 9.17) is 4.74 Å². The Morgan fingerprint density at radius 2 is 1.65 bits per heavy atom. The van der Waals surface area contributed by atoms with Crippen LogP contribution >= 0.6 is 0 Å². The minimum Gasteiger partial charge on any atom is -0.444 e. The van der Waals surface area contributed by atoms with E-state index in [0.29, 0.717) is 6.04 Å². The quantitative estimate of drug-likeness (QED) is 0.782. The summed E-state index contributed by atoms with van der Waals surface area (Å²) in [7, 11) is 0. The van der Waals surface area contributed by atoms with Gasteiger partial charge in [0, 0.05) is 19.1 Å². The van der Waals surface area contributed by atoms with Gasteiger partial charge < -0.3 is 15.0 Å². The number of hydrogen-bond acceptors (Lipinski definition) is 3. The van der Waals surface area contributed by atoms with Gasteiger partial charge in [0.15, 0.2) is 0 Å². The maximum Gasteiger partial charge on any atom is 0.410 e. The van der Waals surface area contributed by atoms with Crippen LogP contribution in [0.25, 0.3) is 0 Å². The molecule has 134 valence electrons. The number of nitrogens with one attached hydrogen (secondary N) is 1. The van der Waals surface area contributed by atoms with E-state index in [-0.39, 0.29) is 6.09 Å². The zero-order valence-corrected chi connectivity index (χ0v) is 15.4. The van der Waals surface area contributed by atoms with Crippen molar-refractivity contribution in [1.29, 1.82) is 0 Å². The molecule has 0 aromatic heterocycles. The van der Waals surface area contributed by atoms with E-state index in [1.54, 1.807) is 0 Å². The van der Waals surface area contributed by atoms with Crippen LogP contribution in [0.15, 0.2) is 0 Å². The van der Waals surface area contributed by atoms with Gasteiger partial charge in [-0.1, -0.05) is 25.7 Å². The highest BCUT2D eigenvalue weighted by Gasteiger charge is 2.30. The molecule has 1 aliphatic carbocycles. The molecule has 4 heteroatoms. The molecule has 1 N–H and O–H groups in total. The number of ether oxygens (including phenoxy) is 1. The molecule has 1 unspecified atom stereocenters. The van der Waals surface area contributed by atoms with Gasteiger partial charge in [-0.05, 0) is 65.3 Å². The van der Waals surface area contributed by atoms with Crippen molar-refractivity contribution in [1.82, 2.24) is 10.2 Å². The molecule has 1 atom stereocenters. The number of likely N-dealkylation sites (tertiary alicyclic amines) is 1. The van der Waals surface area contributed by atoms with Gasteiger partial charge in [-0.3, -0.25) is 0 Å². The fourth-order valence-electron chi connectivity index (χ4n) is 3.80. The van der Waals surface area contributed by atoms with Crippen LogP contribution in [0.3, 0.4) is 0 Å². The third kappa shape index (κ3) is 6.70. The molecule has 0 aromatic rings. The Hall–Kier alpha value is -0.770. The standard InChI is InChI=1S/C19H36N2O2/c1-19(2,3)23-18(22)21-13-9-8-12-17(21)15-20-14-16-10-6-4-5-7-11-16/h16-17,20H,4-15H2,1-3H3. The number of amides is 1. The van der Waals surface area contributed by atoms with Gasteiger partial charge in [0.25, 0.3) is 0 Å². The van der Waals surface area contributed by atoms with Crippen LogP contribution in [0, 0.1) is 5.92 Å². The number of nitrogens with zero attached hydrogens (tertiary/aromatic N) is 1. The van der Waals surface area contributed by atoms with Gasteiger partial charge in [0.2, 0.25) is 0 Å². The zero-order valence-electron chi connectivity index (χ0n) is 15.4. The molecular formula is C19H36N2O2. The van der Waals surface area contributed by atoms with Gasteiger partial charge >= 0.3 is 6.09 Å². The summed E-state index contributed by atoms with van der Waals surface area (Å²) in [5.74, 6) is 0.830. The first kappa shape index (κ1) is 18.6. The lowest BCUT2D eigenvalue weighted by atomic mass is 9.99. The second kappa shape index (κ2) is 8.91. The molecule has 23 heavy (non-hydrogen) atoms. The first-order chi connectivity index (χ1) is 11.0. The number of hydrogen-bond donors (Lipinski definition) is 1. The molecule has 2 aliphatic rings. The van der Waals surface area contributed by atoms with Crippen molar-refractivity contribution in [2.45, 2.75) is 90.2 Å². The maximum atomic E-state index is 12.4. The summed E-state index contributed by atoms with van der Waals surface area (Å²) in [4.78, 5) is 14.4. The van der Waals surface area contributed by atoms with E-state index in [1.807, 2.05) is 25.7 Å². The van der Waals surface area contributed by atoms with Crippen LogP contribution in [0.2, 0.25) is 0 Å². The van der Waals surface area contributed by atoms with Crippen LogP contribution in [0.4, 0.5) is 4.79 Å². The summed E-state index contributed by atoms with van der Waals surface area (Å²) in [6.45, 7) is 8.68. The average molecular weight is 325 g/mol. The molecule has 1 saturated carbocycles. The monoisotopic (exact) mass is 324 g/mol. The second-order valence-electron chi connectivity index (χ2n) is 8.34. The summed E-state index contributed by atoms with van der Waals surface area (Å²) in [5, 5.41) is 3.65. The normalized spacial score (nSPS) is 24.3. The maximum absolute atomic E-state index is 12.4. The number of piperidine rings is 1. The molecule has 2 fully saturated rings. The van der Waals surface area contributed by atoms with E-state index in [9.17, 15) is 4.79 Å². The molecule has 1 heterocycles. The Labute approximate surface area is 142 Å². The molecule has 1 amide bonds. The SMILES string of the molecule is CC(C)(C)OC(=O)N1CCCCC1CNCC1CCCCCC1. The fourth-order valence-corrected chi connectivity index (χ4v) is 3.80. The number of carbonyl (C=O) groups is 1. The zero-order chi connectivity index (χ0) is 16.7. The van der Waals surface area contributed by atoms with Crippen molar-refractivity contribution in [3.05, 3.63) is 0 Å². The van der Waals surface area contributed by atoms with Gasteiger partial charge in [0.05, 0.1) is 0 Å². The first-order valence-corrected chi connectivity index (χ1v) is 9.66. The smallest absolute Gasteiger partial charge is 0.410 e. The Kier molecular flexibility index (Phi) is 7.19. The highest BCUT2D eigenvalue weighted by molar-refractivity contribution is 5.68.